The summed E-state index contributed by atoms with van der Waals surface area (Å²) in [6.07, 6.45) is 9.29. The summed E-state index contributed by atoms with van der Waals surface area (Å²) in [6, 6.07) is 0. The molecule has 3 heterocycles. The number of morpholine rings is 1. The van der Waals surface area contributed by atoms with E-state index in [-0.39, 0.29) is 0 Å². The molecule has 3 aliphatic rings. The Labute approximate surface area is 160 Å². The Morgan fingerprint density at radius 3 is 2.65 bits per heavy atom. The predicted octanol–water partition coefficient (Wildman–Crippen LogP) is 2.87. The minimum atomic E-state index is 0.323. The zero-order valence-corrected chi connectivity index (χ0v) is 16.6. The van der Waals surface area contributed by atoms with E-state index in [1.54, 1.807) is 4.88 Å². The lowest BCUT2D eigenvalue weighted by molar-refractivity contribution is -0.135. The molecule has 0 atom stereocenters. The number of amides is 1. The van der Waals surface area contributed by atoms with Crippen molar-refractivity contribution in [3.05, 3.63) is 15.6 Å². The number of rotatable bonds is 5. The minimum absolute atomic E-state index is 0.323. The van der Waals surface area contributed by atoms with Crippen LogP contribution in [0.1, 0.15) is 54.1 Å². The number of carbonyl (C=O) groups excluding carboxylic acids is 1. The Hall–Kier alpha value is -0.980. The van der Waals surface area contributed by atoms with Crippen molar-refractivity contribution >= 4 is 17.2 Å². The van der Waals surface area contributed by atoms with E-state index in [0.717, 1.165) is 39.1 Å². The number of likely N-dealkylation sites (tertiary alicyclic amines) is 1. The summed E-state index contributed by atoms with van der Waals surface area (Å²) in [4.78, 5) is 23.3. The molecule has 5 nitrogen and oxygen atoms in total. The third-order valence-electron chi connectivity index (χ3n) is 6.09. The van der Waals surface area contributed by atoms with Gasteiger partial charge in [0, 0.05) is 24.4 Å². The highest BCUT2D eigenvalue weighted by Crippen LogP contribution is 2.29. The number of fused-ring (bicyclic) bond motifs is 1. The van der Waals surface area contributed by atoms with Crippen LogP contribution >= 0.6 is 11.3 Å². The molecule has 1 aliphatic carbocycles. The molecule has 0 aromatic carbocycles. The molecule has 26 heavy (non-hydrogen) atoms. The number of nitrogens with zero attached hydrogens (tertiary/aromatic N) is 3. The molecule has 2 saturated heterocycles. The molecule has 1 amide bonds. The lowest BCUT2D eigenvalue weighted by atomic mass is 9.92. The summed E-state index contributed by atoms with van der Waals surface area (Å²) in [5.41, 5.74) is 1.38. The summed E-state index contributed by atoms with van der Waals surface area (Å²) in [5.74, 6) is 1.03. The van der Waals surface area contributed by atoms with E-state index < -0.39 is 0 Å². The van der Waals surface area contributed by atoms with Gasteiger partial charge < -0.3 is 9.64 Å². The smallest absolute Gasteiger partial charge is 0.222 e. The van der Waals surface area contributed by atoms with Crippen molar-refractivity contribution in [1.29, 1.82) is 0 Å². The number of piperidine rings is 1. The molecule has 0 bridgehead atoms. The van der Waals surface area contributed by atoms with Gasteiger partial charge in [-0.1, -0.05) is 0 Å². The first-order chi connectivity index (χ1) is 12.8. The average Bonchev–Trinajstić information content (AvgIpc) is 3.10. The van der Waals surface area contributed by atoms with Crippen molar-refractivity contribution in [3.63, 3.8) is 0 Å². The van der Waals surface area contributed by atoms with Gasteiger partial charge >= 0.3 is 0 Å². The maximum atomic E-state index is 12.3. The third kappa shape index (κ3) is 4.65. The van der Waals surface area contributed by atoms with E-state index >= 15 is 0 Å². The monoisotopic (exact) mass is 377 g/mol. The molecule has 0 N–H and O–H groups in total. The fraction of sp³-hybridized carbons (Fsp3) is 0.800. The van der Waals surface area contributed by atoms with Crippen LogP contribution < -0.4 is 0 Å². The van der Waals surface area contributed by atoms with E-state index in [2.05, 4.69) is 4.90 Å². The van der Waals surface area contributed by atoms with E-state index in [4.69, 9.17) is 9.72 Å². The molecule has 1 aromatic heterocycles. The van der Waals surface area contributed by atoms with Gasteiger partial charge in [-0.15, -0.1) is 11.3 Å². The van der Waals surface area contributed by atoms with Crippen molar-refractivity contribution in [2.45, 2.75) is 57.9 Å². The van der Waals surface area contributed by atoms with Gasteiger partial charge in [-0.05, 0) is 64.0 Å². The lowest BCUT2D eigenvalue weighted by Gasteiger charge is -2.32. The largest absolute Gasteiger partial charge is 0.378 e. The number of carbonyl (C=O) groups is 1. The average molecular weight is 378 g/mol. The highest BCUT2D eigenvalue weighted by molar-refractivity contribution is 7.11. The first-order valence-corrected chi connectivity index (χ1v) is 11.1. The van der Waals surface area contributed by atoms with Gasteiger partial charge in [0.05, 0.1) is 25.5 Å². The molecule has 1 aromatic rings. The fourth-order valence-electron chi connectivity index (χ4n) is 4.40. The summed E-state index contributed by atoms with van der Waals surface area (Å²) < 4.78 is 5.33. The van der Waals surface area contributed by atoms with Gasteiger partial charge in [0.25, 0.3) is 0 Å². The predicted molar refractivity (Wildman–Crippen MR) is 103 cm³/mol. The van der Waals surface area contributed by atoms with Crippen LogP contribution in [-0.4, -0.2) is 60.1 Å². The van der Waals surface area contributed by atoms with Crippen LogP contribution in [0.3, 0.4) is 0 Å². The van der Waals surface area contributed by atoms with Crippen molar-refractivity contribution < 1.29 is 9.53 Å². The van der Waals surface area contributed by atoms with Gasteiger partial charge in [0.15, 0.2) is 0 Å². The topological polar surface area (TPSA) is 45.7 Å². The maximum Gasteiger partial charge on any atom is 0.222 e. The van der Waals surface area contributed by atoms with Crippen molar-refractivity contribution in [2.24, 2.45) is 5.92 Å². The molecule has 144 valence electrons. The van der Waals surface area contributed by atoms with E-state index in [1.165, 1.54) is 49.2 Å². The molecular formula is C20H31N3O2S. The summed E-state index contributed by atoms with van der Waals surface area (Å²) in [7, 11) is 0. The highest BCUT2D eigenvalue weighted by atomic mass is 32.1. The Morgan fingerprint density at radius 2 is 1.88 bits per heavy atom. The van der Waals surface area contributed by atoms with Gasteiger partial charge in [0.1, 0.15) is 5.01 Å². The second kappa shape index (κ2) is 8.81. The number of ether oxygens (including phenoxy) is 1. The third-order valence-corrected chi connectivity index (χ3v) is 7.23. The van der Waals surface area contributed by atoms with Crippen molar-refractivity contribution in [2.75, 3.05) is 39.4 Å². The number of hydrogen-bond acceptors (Lipinski definition) is 5. The summed E-state index contributed by atoms with van der Waals surface area (Å²) >= 11 is 1.95. The zero-order chi connectivity index (χ0) is 17.8. The van der Waals surface area contributed by atoms with E-state index in [9.17, 15) is 4.79 Å². The van der Waals surface area contributed by atoms with Gasteiger partial charge in [-0.25, -0.2) is 4.98 Å². The SMILES string of the molecule is O=C(CCC1CCN(Cc2nc3c(s2)CCCC3)CC1)N1CCOCC1. The summed E-state index contributed by atoms with van der Waals surface area (Å²) in [5, 5.41) is 1.32. The number of aromatic nitrogens is 1. The fourth-order valence-corrected chi connectivity index (χ4v) is 5.60. The zero-order valence-electron chi connectivity index (χ0n) is 15.8. The van der Waals surface area contributed by atoms with Crippen LogP contribution in [-0.2, 0) is 28.9 Å². The first-order valence-electron chi connectivity index (χ1n) is 10.3. The molecule has 2 fully saturated rings. The van der Waals surface area contributed by atoms with Crippen LogP contribution in [0.4, 0.5) is 0 Å². The Kier molecular flexibility index (Phi) is 6.23. The van der Waals surface area contributed by atoms with Gasteiger partial charge in [-0.3, -0.25) is 9.69 Å². The van der Waals surface area contributed by atoms with Crippen LogP contribution in [0.2, 0.25) is 0 Å². The molecule has 0 spiro atoms. The number of aryl methyl sites for hydroxylation is 2. The number of hydrogen-bond donors (Lipinski definition) is 0. The Bertz CT molecular complexity index is 581. The first kappa shape index (κ1) is 18.4. The van der Waals surface area contributed by atoms with E-state index in [1.807, 2.05) is 16.2 Å². The molecule has 0 saturated carbocycles. The molecular weight excluding hydrogens is 346 g/mol. The quantitative estimate of drug-likeness (QED) is 0.792. The molecule has 4 rings (SSSR count). The standard InChI is InChI=1S/C20H31N3O2S/c24-20(23-11-13-25-14-12-23)6-5-16-7-9-22(10-8-16)15-19-21-17-3-1-2-4-18(17)26-19/h16H,1-15H2. The highest BCUT2D eigenvalue weighted by Gasteiger charge is 2.23. The van der Waals surface area contributed by atoms with E-state index in [0.29, 0.717) is 31.5 Å². The summed E-state index contributed by atoms with van der Waals surface area (Å²) in [6.45, 7) is 6.27. The number of thiazole rings is 1. The molecule has 0 unspecified atom stereocenters. The minimum Gasteiger partial charge on any atom is -0.378 e. The van der Waals surface area contributed by atoms with Crippen LogP contribution in [0.25, 0.3) is 0 Å². The maximum absolute atomic E-state index is 12.3. The van der Waals surface area contributed by atoms with Gasteiger partial charge in [0.2, 0.25) is 5.91 Å². The Balaban J connectivity index is 1.18. The molecule has 0 radical (unpaired) electrons. The second-order valence-electron chi connectivity index (χ2n) is 7.94. The lowest BCUT2D eigenvalue weighted by Crippen LogP contribution is -2.41. The second-order valence-corrected chi connectivity index (χ2v) is 9.10. The molecule has 6 heteroatoms. The Morgan fingerprint density at radius 1 is 1.12 bits per heavy atom. The van der Waals surface area contributed by atoms with Crippen LogP contribution in [0.5, 0.6) is 0 Å². The van der Waals surface area contributed by atoms with Crippen LogP contribution in [0, 0.1) is 5.92 Å². The van der Waals surface area contributed by atoms with Crippen LogP contribution in [0.15, 0.2) is 0 Å². The molecule has 2 aliphatic heterocycles. The van der Waals surface area contributed by atoms with Crippen molar-refractivity contribution in [3.8, 4) is 0 Å². The normalized spacial score (nSPS) is 22.4. The van der Waals surface area contributed by atoms with Gasteiger partial charge in [-0.2, -0.15) is 0 Å². The van der Waals surface area contributed by atoms with Crippen molar-refractivity contribution in [1.82, 2.24) is 14.8 Å².